The number of carbonyl (C=O) groups excluding carboxylic acids is 1. The second-order valence-electron chi connectivity index (χ2n) is 7.68. The van der Waals surface area contributed by atoms with Gasteiger partial charge in [-0.25, -0.2) is 4.79 Å². The number of aromatic nitrogens is 1. The van der Waals surface area contributed by atoms with E-state index >= 15 is 0 Å². The molecule has 136 valence electrons. The van der Waals surface area contributed by atoms with E-state index in [-0.39, 0.29) is 6.09 Å². The van der Waals surface area contributed by atoms with Crippen molar-refractivity contribution in [1.29, 1.82) is 5.26 Å². The first-order valence-corrected chi connectivity index (χ1v) is 9.06. The van der Waals surface area contributed by atoms with Crippen molar-refractivity contribution in [2.75, 3.05) is 13.1 Å². The number of piperidine rings is 1. The molecule has 6 heteroatoms. The molecular weight excluding hydrogens is 350 g/mol. The predicted molar refractivity (Wildman–Crippen MR) is 101 cm³/mol. The molecule has 1 aromatic carbocycles. The average molecular weight is 372 g/mol. The van der Waals surface area contributed by atoms with Crippen LogP contribution in [-0.2, 0) is 10.2 Å². The van der Waals surface area contributed by atoms with Crippen LogP contribution < -0.4 is 0 Å². The molecule has 1 fully saturated rings. The highest BCUT2D eigenvalue weighted by atomic mass is 35.5. The molecule has 1 amide bonds. The second kappa shape index (κ2) is 6.77. The number of nitrogens with zero attached hydrogens (tertiary/aromatic N) is 3. The highest BCUT2D eigenvalue weighted by molar-refractivity contribution is 6.31. The minimum absolute atomic E-state index is 0.324. The summed E-state index contributed by atoms with van der Waals surface area (Å²) in [6.45, 7) is 6.52. The number of halogens is 1. The van der Waals surface area contributed by atoms with Gasteiger partial charge in [0.1, 0.15) is 5.60 Å². The summed E-state index contributed by atoms with van der Waals surface area (Å²) in [6, 6.07) is 9.95. The van der Waals surface area contributed by atoms with Crippen LogP contribution in [0.4, 0.5) is 4.79 Å². The van der Waals surface area contributed by atoms with Crippen molar-refractivity contribution in [2.45, 2.75) is 44.6 Å². The van der Waals surface area contributed by atoms with Gasteiger partial charge in [-0.2, -0.15) is 5.26 Å². The molecule has 0 unspecified atom stereocenters. The van der Waals surface area contributed by atoms with Gasteiger partial charge in [-0.05, 0) is 57.4 Å². The molecule has 0 radical (unpaired) electrons. The van der Waals surface area contributed by atoms with Crippen LogP contribution in [0, 0.1) is 11.3 Å². The minimum Gasteiger partial charge on any atom is -0.444 e. The Morgan fingerprint density at radius 2 is 2.00 bits per heavy atom. The number of nitriles is 1. The van der Waals surface area contributed by atoms with Crippen LogP contribution in [0.2, 0.25) is 5.02 Å². The van der Waals surface area contributed by atoms with Gasteiger partial charge in [0, 0.05) is 29.7 Å². The number of likely N-dealkylation sites (tertiary alicyclic amines) is 1. The summed E-state index contributed by atoms with van der Waals surface area (Å²) in [6.07, 6.45) is 2.51. The molecule has 0 spiro atoms. The number of carbonyl (C=O) groups is 1. The average Bonchev–Trinajstić information content (AvgIpc) is 2.59. The van der Waals surface area contributed by atoms with Crippen molar-refractivity contribution in [2.24, 2.45) is 0 Å². The molecule has 0 aliphatic carbocycles. The van der Waals surface area contributed by atoms with Gasteiger partial charge in [0.05, 0.1) is 17.0 Å². The van der Waals surface area contributed by atoms with Crippen molar-refractivity contribution in [3.8, 4) is 6.07 Å². The normalized spacial score (nSPS) is 17.0. The Kier molecular flexibility index (Phi) is 4.81. The number of hydrogen-bond donors (Lipinski definition) is 0. The molecule has 1 aliphatic heterocycles. The van der Waals surface area contributed by atoms with Crippen LogP contribution in [0.15, 0.2) is 30.5 Å². The molecule has 26 heavy (non-hydrogen) atoms. The lowest BCUT2D eigenvalue weighted by molar-refractivity contribution is 0.0186. The maximum Gasteiger partial charge on any atom is 0.410 e. The summed E-state index contributed by atoms with van der Waals surface area (Å²) in [5, 5.41) is 11.5. The van der Waals surface area contributed by atoms with Crippen LogP contribution >= 0.6 is 11.6 Å². The van der Waals surface area contributed by atoms with Crippen LogP contribution in [0.3, 0.4) is 0 Å². The minimum atomic E-state index is -0.645. The molecule has 0 saturated carbocycles. The number of benzene rings is 1. The Balaban J connectivity index is 1.87. The quantitative estimate of drug-likeness (QED) is 0.729. The Hall–Kier alpha value is -2.32. The van der Waals surface area contributed by atoms with Gasteiger partial charge in [0.15, 0.2) is 0 Å². The van der Waals surface area contributed by atoms with E-state index in [1.165, 1.54) is 0 Å². The first-order valence-electron chi connectivity index (χ1n) is 8.68. The Morgan fingerprint density at radius 1 is 1.31 bits per heavy atom. The molecule has 0 N–H and O–H groups in total. The van der Waals surface area contributed by atoms with Crippen molar-refractivity contribution in [1.82, 2.24) is 9.88 Å². The van der Waals surface area contributed by atoms with E-state index in [1.54, 1.807) is 17.2 Å². The summed E-state index contributed by atoms with van der Waals surface area (Å²) in [5.41, 5.74) is 0.555. The van der Waals surface area contributed by atoms with Crippen molar-refractivity contribution in [3.63, 3.8) is 0 Å². The monoisotopic (exact) mass is 371 g/mol. The fraction of sp³-hybridized carbons (Fsp3) is 0.450. The third-order valence-corrected chi connectivity index (χ3v) is 4.94. The maximum atomic E-state index is 12.3. The van der Waals surface area contributed by atoms with Crippen LogP contribution in [-0.4, -0.2) is 34.7 Å². The van der Waals surface area contributed by atoms with Crippen molar-refractivity contribution < 1.29 is 9.53 Å². The summed E-state index contributed by atoms with van der Waals surface area (Å²) in [5.74, 6) is 0. The van der Waals surface area contributed by atoms with Gasteiger partial charge in [-0.3, -0.25) is 4.98 Å². The van der Waals surface area contributed by atoms with Crippen molar-refractivity contribution >= 4 is 28.6 Å². The molecule has 0 atom stereocenters. The van der Waals surface area contributed by atoms with Gasteiger partial charge in [-0.1, -0.05) is 17.7 Å². The van der Waals surface area contributed by atoms with Gasteiger partial charge < -0.3 is 9.64 Å². The summed E-state index contributed by atoms with van der Waals surface area (Å²) < 4.78 is 5.45. The summed E-state index contributed by atoms with van der Waals surface area (Å²) in [7, 11) is 0. The zero-order valence-electron chi connectivity index (χ0n) is 15.3. The lowest BCUT2D eigenvalue weighted by Gasteiger charge is -2.38. The van der Waals surface area contributed by atoms with Gasteiger partial charge in [-0.15, -0.1) is 0 Å². The van der Waals surface area contributed by atoms with Crippen LogP contribution in [0.5, 0.6) is 0 Å². The van der Waals surface area contributed by atoms with E-state index in [4.69, 9.17) is 16.3 Å². The smallest absolute Gasteiger partial charge is 0.410 e. The van der Waals surface area contributed by atoms with Crippen LogP contribution in [0.25, 0.3) is 10.9 Å². The Bertz CT molecular complexity index is 875. The number of rotatable bonds is 1. The molecule has 1 saturated heterocycles. The zero-order chi connectivity index (χ0) is 18.9. The third kappa shape index (κ3) is 3.61. The number of fused-ring (bicyclic) bond motifs is 1. The lowest BCUT2D eigenvalue weighted by Crippen LogP contribution is -2.46. The number of ether oxygens (including phenoxy) is 1. The third-order valence-electron chi connectivity index (χ3n) is 4.70. The Morgan fingerprint density at radius 3 is 2.62 bits per heavy atom. The number of hydrogen-bond acceptors (Lipinski definition) is 4. The fourth-order valence-corrected chi connectivity index (χ4v) is 3.54. The van der Waals surface area contributed by atoms with Crippen molar-refractivity contribution in [3.05, 3.63) is 41.0 Å². The standard InChI is InChI=1S/C20H22ClN3O2/c1-19(2,3)26-18(25)24-10-7-20(13-22,8-11-24)16-6-9-23-17-12-14(21)4-5-15(16)17/h4-6,9,12H,7-8,10-11H2,1-3H3. The molecular formula is C20H22ClN3O2. The van der Waals surface area contributed by atoms with E-state index in [9.17, 15) is 10.1 Å². The first kappa shape index (κ1) is 18.5. The summed E-state index contributed by atoms with van der Waals surface area (Å²) >= 11 is 6.07. The second-order valence-corrected chi connectivity index (χ2v) is 8.12. The van der Waals surface area contributed by atoms with Gasteiger partial charge in [0.2, 0.25) is 0 Å². The first-order chi connectivity index (χ1) is 12.2. The van der Waals surface area contributed by atoms with Gasteiger partial charge in [0.25, 0.3) is 0 Å². The molecule has 2 aromatic rings. The fourth-order valence-electron chi connectivity index (χ4n) is 3.38. The molecule has 0 bridgehead atoms. The maximum absolute atomic E-state index is 12.3. The molecule has 3 rings (SSSR count). The molecule has 1 aliphatic rings. The predicted octanol–water partition coefficient (Wildman–Crippen LogP) is 4.68. The SMILES string of the molecule is CC(C)(C)OC(=O)N1CCC(C#N)(c2ccnc3cc(Cl)ccc23)CC1. The Labute approximate surface area is 158 Å². The largest absolute Gasteiger partial charge is 0.444 e. The van der Waals surface area contributed by atoms with E-state index in [0.29, 0.717) is 31.0 Å². The lowest BCUT2D eigenvalue weighted by atomic mass is 9.73. The molecule has 5 nitrogen and oxygen atoms in total. The molecule has 1 aromatic heterocycles. The molecule has 2 heterocycles. The van der Waals surface area contributed by atoms with Crippen LogP contribution in [0.1, 0.15) is 39.2 Å². The van der Waals surface area contributed by atoms with Gasteiger partial charge >= 0.3 is 6.09 Å². The van der Waals surface area contributed by atoms with E-state index < -0.39 is 11.0 Å². The highest BCUT2D eigenvalue weighted by Gasteiger charge is 2.39. The highest BCUT2D eigenvalue weighted by Crippen LogP contribution is 2.39. The topological polar surface area (TPSA) is 66.2 Å². The van der Waals surface area contributed by atoms with E-state index in [1.807, 2.05) is 39.0 Å². The number of pyridine rings is 1. The summed E-state index contributed by atoms with van der Waals surface area (Å²) in [4.78, 5) is 18.3. The van der Waals surface area contributed by atoms with E-state index in [2.05, 4.69) is 11.1 Å². The zero-order valence-corrected chi connectivity index (χ0v) is 16.0. The van der Waals surface area contributed by atoms with E-state index in [0.717, 1.165) is 16.5 Å². The number of amides is 1.